The number of anilines is 2. The smallest absolute Gasteiger partial charge is 0.265 e. The van der Waals surface area contributed by atoms with E-state index in [2.05, 4.69) is 5.32 Å². The molecular weight excluding hydrogens is 352 g/mol. The summed E-state index contributed by atoms with van der Waals surface area (Å²) < 4.78 is 5.60. The van der Waals surface area contributed by atoms with E-state index < -0.39 is 0 Å². The third-order valence-electron chi connectivity index (χ3n) is 4.66. The fourth-order valence-electron chi connectivity index (χ4n) is 3.13. The Morgan fingerprint density at radius 2 is 1.79 bits per heavy atom. The maximum absolute atomic E-state index is 12.4. The van der Waals surface area contributed by atoms with Crippen LogP contribution in [0, 0.1) is 6.92 Å². The summed E-state index contributed by atoms with van der Waals surface area (Å²) in [5, 5.41) is 2.88. The van der Waals surface area contributed by atoms with Gasteiger partial charge < -0.3 is 15.0 Å². The van der Waals surface area contributed by atoms with Gasteiger partial charge in [0.15, 0.2) is 6.61 Å². The predicted molar refractivity (Wildman–Crippen MR) is 109 cm³/mol. The number of carbonyl (C=O) groups is 2. The Bertz CT molecular complexity index is 1010. The summed E-state index contributed by atoms with van der Waals surface area (Å²) in [6.45, 7) is 2.44. The van der Waals surface area contributed by atoms with Gasteiger partial charge in [-0.3, -0.25) is 9.59 Å². The zero-order chi connectivity index (χ0) is 19.5. The molecule has 0 saturated heterocycles. The molecule has 0 bridgehead atoms. The monoisotopic (exact) mass is 372 g/mol. The van der Waals surface area contributed by atoms with Crippen molar-refractivity contribution in [3.8, 4) is 5.75 Å². The van der Waals surface area contributed by atoms with Crippen LogP contribution in [-0.2, 0) is 11.3 Å². The first-order chi connectivity index (χ1) is 13.6. The van der Waals surface area contributed by atoms with Gasteiger partial charge in [-0.1, -0.05) is 48.0 Å². The number of amides is 2. The molecule has 1 aliphatic rings. The van der Waals surface area contributed by atoms with E-state index in [9.17, 15) is 9.59 Å². The molecule has 0 aromatic heterocycles. The topological polar surface area (TPSA) is 58.6 Å². The normalized spacial score (nSPS) is 12.9. The molecule has 1 N–H and O–H groups in total. The van der Waals surface area contributed by atoms with Crippen molar-refractivity contribution in [3.05, 3.63) is 89.5 Å². The number of aryl methyl sites for hydroxylation is 1. The van der Waals surface area contributed by atoms with Crippen LogP contribution < -0.4 is 15.0 Å². The number of nitrogens with zero attached hydrogens (tertiary/aromatic N) is 1. The maximum Gasteiger partial charge on any atom is 0.265 e. The zero-order valence-electron chi connectivity index (χ0n) is 15.5. The SMILES string of the molecule is Cc1ccc(C(=O)Nc2ccc3c(c2)OCC(=O)N3Cc2ccccc2)cc1. The molecule has 140 valence electrons. The van der Waals surface area contributed by atoms with Crippen molar-refractivity contribution in [1.29, 1.82) is 0 Å². The first-order valence-electron chi connectivity index (χ1n) is 9.09. The fourth-order valence-corrected chi connectivity index (χ4v) is 3.13. The number of ether oxygens (including phenoxy) is 1. The number of benzene rings is 3. The molecule has 3 aromatic rings. The molecule has 0 aliphatic carbocycles. The molecule has 1 aliphatic heterocycles. The first-order valence-corrected chi connectivity index (χ1v) is 9.09. The number of carbonyl (C=O) groups excluding carboxylic acids is 2. The van der Waals surface area contributed by atoms with Crippen molar-refractivity contribution in [2.24, 2.45) is 0 Å². The minimum Gasteiger partial charge on any atom is -0.481 e. The lowest BCUT2D eigenvalue weighted by Crippen LogP contribution is -2.38. The highest BCUT2D eigenvalue weighted by molar-refractivity contribution is 6.05. The Hall–Kier alpha value is -3.60. The first kappa shape index (κ1) is 17.8. The van der Waals surface area contributed by atoms with Crippen LogP contribution in [0.15, 0.2) is 72.8 Å². The average Bonchev–Trinajstić information content (AvgIpc) is 2.71. The third-order valence-corrected chi connectivity index (χ3v) is 4.66. The molecule has 0 unspecified atom stereocenters. The fraction of sp³-hybridized carbons (Fsp3) is 0.130. The molecule has 5 nitrogen and oxygen atoms in total. The largest absolute Gasteiger partial charge is 0.481 e. The summed E-state index contributed by atoms with van der Waals surface area (Å²) in [6, 6.07) is 22.5. The standard InChI is InChI=1S/C23H20N2O3/c1-16-7-9-18(10-8-16)23(27)24-19-11-12-20-21(13-19)28-15-22(26)25(20)14-17-5-3-2-4-6-17/h2-13H,14-15H2,1H3,(H,24,27). The average molecular weight is 372 g/mol. The van der Waals surface area contributed by atoms with Crippen LogP contribution in [0.4, 0.5) is 11.4 Å². The van der Waals surface area contributed by atoms with Gasteiger partial charge in [0.2, 0.25) is 0 Å². The maximum atomic E-state index is 12.4. The molecule has 0 saturated carbocycles. The molecule has 2 amide bonds. The number of nitrogens with one attached hydrogen (secondary N) is 1. The summed E-state index contributed by atoms with van der Waals surface area (Å²) >= 11 is 0. The third kappa shape index (κ3) is 3.74. The lowest BCUT2D eigenvalue weighted by atomic mass is 10.1. The van der Waals surface area contributed by atoms with Crippen LogP contribution in [0.3, 0.4) is 0 Å². The quantitative estimate of drug-likeness (QED) is 0.748. The van der Waals surface area contributed by atoms with Gasteiger partial charge in [0.1, 0.15) is 5.75 Å². The molecule has 5 heteroatoms. The Kier molecular flexibility index (Phi) is 4.81. The van der Waals surface area contributed by atoms with Crippen molar-refractivity contribution in [1.82, 2.24) is 0 Å². The lowest BCUT2D eigenvalue weighted by molar-refractivity contribution is -0.121. The van der Waals surface area contributed by atoms with Gasteiger partial charge in [-0.05, 0) is 36.8 Å². The molecule has 0 atom stereocenters. The molecule has 3 aromatic carbocycles. The van der Waals surface area contributed by atoms with Crippen molar-refractivity contribution in [2.75, 3.05) is 16.8 Å². The van der Waals surface area contributed by atoms with Crippen molar-refractivity contribution in [3.63, 3.8) is 0 Å². The van der Waals surface area contributed by atoms with Crippen LogP contribution in [0.1, 0.15) is 21.5 Å². The van der Waals surface area contributed by atoms with E-state index in [0.717, 1.165) is 11.1 Å². The summed E-state index contributed by atoms with van der Waals surface area (Å²) in [7, 11) is 0. The molecule has 1 heterocycles. The van der Waals surface area contributed by atoms with Crippen LogP contribution in [-0.4, -0.2) is 18.4 Å². The molecule has 4 rings (SSSR count). The number of hydrogen-bond acceptors (Lipinski definition) is 3. The van der Waals surface area contributed by atoms with Crippen LogP contribution in [0.5, 0.6) is 5.75 Å². The van der Waals surface area contributed by atoms with Gasteiger partial charge >= 0.3 is 0 Å². The van der Waals surface area contributed by atoms with E-state index >= 15 is 0 Å². The minimum absolute atomic E-state index is 0.0187. The summed E-state index contributed by atoms with van der Waals surface area (Å²) in [5.41, 5.74) is 4.05. The lowest BCUT2D eigenvalue weighted by Gasteiger charge is -2.29. The summed E-state index contributed by atoms with van der Waals surface area (Å²) in [5.74, 6) is 0.304. The van der Waals surface area contributed by atoms with Gasteiger partial charge in [-0.2, -0.15) is 0 Å². The second-order valence-electron chi connectivity index (χ2n) is 6.76. The van der Waals surface area contributed by atoms with Gasteiger partial charge in [0, 0.05) is 17.3 Å². The molecular formula is C23H20N2O3. The van der Waals surface area contributed by atoms with Crippen molar-refractivity contribution in [2.45, 2.75) is 13.5 Å². The highest BCUT2D eigenvalue weighted by Crippen LogP contribution is 2.35. The van der Waals surface area contributed by atoms with Crippen LogP contribution >= 0.6 is 0 Å². The van der Waals surface area contributed by atoms with E-state index in [1.54, 1.807) is 35.2 Å². The van der Waals surface area contributed by atoms with E-state index in [4.69, 9.17) is 4.74 Å². The summed E-state index contributed by atoms with van der Waals surface area (Å²) in [4.78, 5) is 26.5. The van der Waals surface area contributed by atoms with E-state index in [1.165, 1.54) is 0 Å². The highest BCUT2D eigenvalue weighted by Gasteiger charge is 2.26. The number of fused-ring (bicyclic) bond motifs is 1. The molecule has 28 heavy (non-hydrogen) atoms. The highest BCUT2D eigenvalue weighted by atomic mass is 16.5. The number of hydrogen-bond donors (Lipinski definition) is 1. The van der Waals surface area contributed by atoms with Crippen molar-refractivity contribution < 1.29 is 14.3 Å². The van der Waals surface area contributed by atoms with Gasteiger partial charge in [-0.15, -0.1) is 0 Å². The van der Waals surface area contributed by atoms with E-state index in [0.29, 0.717) is 29.2 Å². The Labute approximate surface area is 163 Å². The Balaban J connectivity index is 1.55. The molecule has 0 radical (unpaired) electrons. The molecule has 0 fully saturated rings. The van der Waals surface area contributed by atoms with Gasteiger partial charge in [0.05, 0.1) is 12.2 Å². The summed E-state index contributed by atoms with van der Waals surface area (Å²) in [6.07, 6.45) is 0. The minimum atomic E-state index is -0.187. The van der Waals surface area contributed by atoms with Crippen LogP contribution in [0.2, 0.25) is 0 Å². The van der Waals surface area contributed by atoms with Gasteiger partial charge in [0.25, 0.3) is 11.8 Å². The Morgan fingerprint density at radius 1 is 1.04 bits per heavy atom. The second-order valence-corrected chi connectivity index (χ2v) is 6.76. The zero-order valence-corrected chi connectivity index (χ0v) is 15.5. The second kappa shape index (κ2) is 7.56. The van der Waals surface area contributed by atoms with Crippen LogP contribution in [0.25, 0.3) is 0 Å². The molecule has 0 spiro atoms. The van der Waals surface area contributed by atoms with E-state index in [1.807, 2.05) is 49.4 Å². The number of rotatable bonds is 4. The predicted octanol–water partition coefficient (Wildman–Crippen LogP) is 4.17. The Morgan fingerprint density at radius 3 is 2.54 bits per heavy atom. The van der Waals surface area contributed by atoms with Crippen molar-refractivity contribution >= 4 is 23.2 Å². The van der Waals surface area contributed by atoms with E-state index in [-0.39, 0.29) is 18.4 Å². The van der Waals surface area contributed by atoms with Gasteiger partial charge in [-0.25, -0.2) is 0 Å².